The second-order valence-corrected chi connectivity index (χ2v) is 8.05. The Labute approximate surface area is 174 Å². The summed E-state index contributed by atoms with van der Waals surface area (Å²) in [4.78, 5) is 13.4. The average molecular weight is 446 g/mol. The van der Waals surface area contributed by atoms with Crippen molar-refractivity contribution in [1.29, 1.82) is 0 Å². The monoisotopic (exact) mass is 446 g/mol. The Balaban J connectivity index is 1.91. The van der Waals surface area contributed by atoms with Gasteiger partial charge in [-0.1, -0.05) is 12.8 Å². The number of carbonyl (C=O) groups is 1. The highest BCUT2D eigenvalue weighted by Gasteiger charge is 2.26. The molecule has 29 heavy (non-hydrogen) atoms. The predicted octanol–water partition coefficient (Wildman–Crippen LogP) is 5.56. The van der Waals surface area contributed by atoms with Crippen LogP contribution in [0.5, 0.6) is 0 Å². The molecule has 1 aliphatic rings. The highest BCUT2D eigenvalue weighted by Crippen LogP contribution is 2.37. The van der Waals surface area contributed by atoms with Gasteiger partial charge < -0.3 is 15.4 Å². The first-order valence-electron chi connectivity index (χ1n) is 8.97. The summed E-state index contributed by atoms with van der Waals surface area (Å²) in [5, 5.41) is 4.92. The van der Waals surface area contributed by atoms with Crippen LogP contribution in [0.25, 0.3) is 0 Å². The van der Waals surface area contributed by atoms with E-state index in [4.69, 9.17) is 17.0 Å². The number of ether oxygens (including phenoxy) is 1. The number of carbonyl (C=O) groups excluding carboxylic acids is 1. The minimum absolute atomic E-state index is 0.112. The van der Waals surface area contributed by atoms with Gasteiger partial charge in [-0.3, -0.25) is 0 Å². The van der Waals surface area contributed by atoms with Crippen molar-refractivity contribution in [2.45, 2.75) is 38.5 Å². The number of hydrogen-bond donors (Lipinski definition) is 2. The zero-order valence-corrected chi connectivity index (χ0v) is 17.1. The normalized spacial score (nSPS) is 13.8. The zero-order valence-electron chi connectivity index (χ0n) is 15.5. The van der Waals surface area contributed by atoms with Gasteiger partial charge in [-0.15, -0.1) is 11.3 Å². The molecule has 1 aromatic heterocycles. The number of thiocarbonyl (C=S) groups is 1. The molecule has 0 saturated heterocycles. The number of nitrogens with one attached hydrogen (secondary N) is 2. The van der Waals surface area contributed by atoms with Gasteiger partial charge in [-0.25, -0.2) is 22.4 Å². The van der Waals surface area contributed by atoms with Crippen LogP contribution in [0.4, 0.5) is 28.3 Å². The van der Waals surface area contributed by atoms with Crippen molar-refractivity contribution in [2.24, 2.45) is 0 Å². The van der Waals surface area contributed by atoms with E-state index in [9.17, 15) is 22.4 Å². The first-order valence-corrected chi connectivity index (χ1v) is 10.2. The Bertz CT molecular complexity index is 936. The average Bonchev–Trinajstić information content (AvgIpc) is 2.99. The molecule has 1 aromatic carbocycles. The van der Waals surface area contributed by atoms with E-state index in [2.05, 4.69) is 10.6 Å². The van der Waals surface area contributed by atoms with Crippen molar-refractivity contribution in [3.63, 3.8) is 0 Å². The van der Waals surface area contributed by atoms with Crippen LogP contribution < -0.4 is 10.6 Å². The third-order valence-electron chi connectivity index (χ3n) is 4.64. The molecule has 0 fully saturated rings. The second-order valence-electron chi connectivity index (χ2n) is 6.54. The molecule has 2 N–H and O–H groups in total. The maximum Gasteiger partial charge on any atom is 0.341 e. The fourth-order valence-electron chi connectivity index (χ4n) is 3.26. The Hall–Kier alpha value is -2.20. The molecule has 3 rings (SSSR count). The molecule has 2 aromatic rings. The Morgan fingerprint density at radius 3 is 2.28 bits per heavy atom. The van der Waals surface area contributed by atoms with E-state index >= 15 is 0 Å². The number of halogens is 4. The molecule has 0 unspecified atom stereocenters. The Kier molecular flexibility index (Phi) is 6.74. The molecular formula is C19H18F4N2O2S2. The number of fused-ring (bicyclic) bond motifs is 1. The van der Waals surface area contributed by atoms with Gasteiger partial charge in [0, 0.05) is 10.9 Å². The highest BCUT2D eigenvalue weighted by atomic mass is 32.1. The molecule has 4 nitrogen and oxygen atoms in total. The number of anilines is 2. The van der Waals surface area contributed by atoms with Crippen LogP contribution >= 0.6 is 23.6 Å². The van der Waals surface area contributed by atoms with Gasteiger partial charge in [0.15, 0.2) is 28.4 Å². The molecule has 0 amide bonds. The van der Waals surface area contributed by atoms with E-state index in [1.165, 1.54) is 18.4 Å². The third kappa shape index (κ3) is 4.53. The van der Waals surface area contributed by atoms with Crippen molar-refractivity contribution in [1.82, 2.24) is 0 Å². The third-order valence-corrected chi connectivity index (χ3v) is 6.05. The molecule has 0 bridgehead atoms. The van der Waals surface area contributed by atoms with E-state index in [1.54, 1.807) is 0 Å². The van der Waals surface area contributed by atoms with Crippen LogP contribution in [-0.4, -0.2) is 18.2 Å². The molecular weight excluding hydrogens is 428 g/mol. The molecule has 0 saturated carbocycles. The largest absolute Gasteiger partial charge is 0.465 e. The quantitative estimate of drug-likeness (QED) is 0.280. The van der Waals surface area contributed by atoms with Gasteiger partial charge in [0.1, 0.15) is 10.7 Å². The summed E-state index contributed by atoms with van der Waals surface area (Å²) in [5.41, 5.74) is 0.153. The summed E-state index contributed by atoms with van der Waals surface area (Å²) in [5.74, 6) is -6.85. The SMILES string of the molecule is COC(=O)c1c(NC(=S)Nc2c(F)c(F)cc(F)c2F)sc2c1CCCCCC2. The van der Waals surface area contributed by atoms with Crippen molar-refractivity contribution in [2.75, 3.05) is 17.7 Å². The minimum atomic E-state index is -1.60. The highest BCUT2D eigenvalue weighted by molar-refractivity contribution is 7.80. The maximum atomic E-state index is 13.9. The van der Waals surface area contributed by atoms with Crippen molar-refractivity contribution in [3.05, 3.63) is 45.3 Å². The molecule has 0 aliphatic heterocycles. The Morgan fingerprint density at radius 1 is 1.03 bits per heavy atom. The van der Waals surface area contributed by atoms with Crippen LogP contribution in [0.2, 0.25) is 0 Å². The number of benzene rings is 1. The fraction of sp³-hybridized carbons (Fsp3) is 0.368. The fourth-order valence-corrected chi connectivity index (χ4v) is 4.81. The van der Waals surface area contributed by atoms with E-state index < -0.39 is 34.9 Å². The lowest BCUT2D eigenvalue weighted by Crippen LogP contribution is -2.22. The van der Waals surface area contributed by atoms with Crippen LogP contribution in [0.1, 0.15) is 46.5 Å². The lowest BCUT2D eigenvalue weighted by molar-refractivity contribution is 0.0601. The lowest BCUT2D eigenvalue weighted by atomic mass is 9.96. The van der Waals surface area contributed by atoms with Crippen LogP contribution in [0.15, 0.2) is 6.07 Å². The molecule has 10 heteroatoms. The minimum Gasteiger partial charge on any atom is -0.465 e. The number of esters is 1. The number of thiophene rings is 1. The van der Waals surface area contributed by atoms with Gasteiger partial charge in [0.2, 0.25) is 0 Å². The summed E-state index contributed by atoms with van der Waals surface area (Å²) in [6, 6.07) is 0.112. The summed E-state index contributed by atoms with van der Waals surface area (Å²) >= 11 is 6.36. The predicted molar refractivity (Wildman–Crippen MR) is 108 cm³/mol. The Morgan fingerprint density at radius 2 is 1.66 bits per heavy atom. The van der Waals surface area contributed by atoms with Gasteiger partial charge in [-0.2, -0.15) is 0 Å². The first-order chi connectivity index (χ1) is 13.8. The number of aryl methyl sites for hydroxylation is 1. The zero-order chi connectivity index (χ0) is 21.1. The summed E-state index contributed by atoms with van der Waals surface area (Å²) < 4.78 is 59.4. The van der Waals surface area contributed by atoms with Crippen molar-refractivity contribution < 1.29 is 27.1 Å². The summed E-state index contributed by atoms with van der Waals surface area (Å²) in [6.45, 7) is 0. The smallest absolute Gasteiger partial charge is 0.341 e. The number of methoxy groups -OCH3 is 1. The van der Waals surface area contributed by atoms with Gasteiger partial charge in [0.25, 0.3) is 0 Å². The lowest BCUT2D eigenvalue weighted by Gasteiger charge is -2.13. The van der Waals surface area contributed by atoms with Gasteiger partial charge in [0.05, 0.1) is 12.7 Å². The number of rotatable bonds is 3. The molecule has 1 heterocycles. The van der Waals surface area contributed by atoms with E-state index in [1.807, 2.05) is 0 Å². The van der Waals surface area contributed by atoms with Crippen molar-refractivity contribution in [3.8, 4) is 0 Å². The van der Waals surface area contributed by atoms with Gasteiger partial charge >= 0.3 is 5.97 Å². The molecule has 1 aliphatic carbocycles. The van der Waals surface area contributed by atoms with Crippen molar-refractivity contribution >= 4 is 45.3 Å². The van der Waals surface area contributed by atoms with Gasteiger partial charge in [-0.05, 0) is 43.5 Å². The summed E-state index contributed by atoms with van der Waals surface area (Å²) in [6.07, 6.45) is 5.56. The van der Waals surface area contributed by atoms with E-state index in [-0.39, 0.29) is 11.2 Å². The van der Waals surface area contributed by atoms with Crippen LogP contribution in [-0.2, 0) is 17.6 Å². The molecule has 156 valence electrons. The standard InChI is InChI=1S/C19H18F4N2O2S2/c1-27-18(26)13-9-6-4-2-3-5-7-12(9)29-17(13)25-19(28)24-16-14(22)10(20)8-11(21)15(16)23/h8H,2-7H2,1H3,(H2,24,25,28). The van der Waals surface area contributed by atoms with Crippen LogP contribution in [0, 0.1) is 23.3 Å². The summed E-state index contributed by atoms with van der Waals surface area (Å²) in [7, 11) is 1.26. The van der Waals surface area contributed by atoms with E-state index in [0.717, 1.165) is 42.5 Å². The molecule has 0 radical (unpaired) electrons. The topological polar surface area (TPSA) is 50.4 Å². The number of hydrogen-bond acceptors (Lipinski definition) is 4. The maximum absolute atomic E-state index is 13.9. The molecule has 0 atom stereocenters. The molecule has 0 spiro atoms. The first kappa shape index (κ1) is 21.5. The van der Waals surface area contributed by atoms with Crippen LogP contribution in [0.3, 0.4) is 0 Å². The van der Waals surface area contributed by atoms with E-state index in [0.29, 0.717) is 17.0 Å². The second kappa shape index (κ2) is 9.08.